The van der Waals surface area contributed by atoms with E-state index in [1.165, 1.54) is 4.90 Å². The molecule has 2 N–H and O–H groups in total. The van der Waals surface area contributed by atoms with Gasteiger partial charge in [-0.15, -0.1) is 0 Å². The lowest BCUT2D eigenvalue weighted by molar-refractivity contribution is -0.763. The molecule has 170 valence electrons. The maximum atomic E-state index is 13.2. The molecule has 2 aliphatic rings. The molecule has 5 nitrogen and oxygen atoms in total. The van der Waals surface area contributed by atoms with Crippen LogP contribution in [0.15, 0.2) is 53.7 Å². The summed E-state index contributed by atoms with van der Waals surface area (Å²) >= 11 is 0. The van der Waals surface area contributed by atoms with Gasteiger partial charge in [0.05, 0.1) is 6.54 Å². The number of carbonyl (C=O) groups is 1. The van der Waals surface area contributed by atoms with Gasteiger partial charge in [-0.25, -0.2) is 0 Å². The Hall–Kier alpha value is -2.40. The Balaban J connectivity index is 1.63. The van der Waals surface area contributed by atoms with Gasteiger partial charge in [0.15, 0.2) is 12.4 Å². The molecule has 1 saturated carbocycles. The Morgan fingerprint density at radius 1 is 1.16 bits per heavy atom. The quantitative estimate of drug-likeness (QED) is 0.494. The van der Waals surface area contributed by atoms with Gasteiger partial charge in [-0.2, -0.15) is 4.57 Å². The summed E-state index contributed by atoms with van der Waals surface area (Å²) in [6, 6.07) is 5.76. The minimum atomic E-state index is -9.76. The maximum Gasteiger partial charge on any atom is 0.310 e. The molecular formula is C20H24F5N4OS+. The van der Waals surface area contributed by atoms with Gasteiger partial charge in [0.1, 0.15) is 10.9 Å². The van der Waals surface area contributed by atoms with Crippen molar-refractivity contribution < 1.29 is 28.8 Å². The van der Waals surface area contributed by atoms with Crippen LogP contribution in [0, 0.1) is 0 Å². The molecule has 2 bridgehead atoms. The van der Waals surface area contributed by atoms with Crippen LogP contribution >= 0.6 is 10.2 Å². The summed E-state index contributed by atoms with van der Waals surface area (Å²) in [6.07, 6.45) is 5.84. The molecule has 2 heterocycles. The minimum Gasteiger partial charge on any atom is -0.359 e. The largest absolute Gasteiger partial charge is 0.359 e. The van der Waals surface area contributed by atoms with Crippen molar-refractivity contribution >= 4 is 21.8 Å². The zero-order chi connectivity index (χ0) is 22.7. The molecule has 1 amide bonds. The number of hydrogen-bond donors (Lipinski definition) is 2. The molecule has 1 fully saturated rings. The van der Waals surface area contributed by atoms with Gasteiger partial charge in [0.25, 0.3) is 11.6 Å². The zero-order valence-electron chi connectivity index (χ0n) is 17.0. The van der Waals surface area contributed by atoms with Crippen molar-refractivity contribution in [2.45, 2.75) is 42.4 Å². The molecule has 11 heteroatoms. The summed E-state index contributed by atoms with van der Waals surface area (Å²) in [7, 11) is -8.21. The fourth-order valence-electron chi connectivity index (χ4n) is 3.76. The highest BCUT2D eigenvalue weighted by molar-refractivity contribution is 8.45. The number of halogens is 5. The van der Waals surface area contributed by atoms with Crippen molar-refractivity contribution in [1.82, 2.24) is 10.6 Å². The van der Waals surface area contributed by atoms with E-state index >= 15 is 0 Å². The van der Waals surface area contributed by atoms with Gasteiger partial charge >= 0.3 is 10.2 Å². The monoisotopic (exact) mass is 463 g/mol. The molecule has 1 aliphatic heterocycles. The molecule has 1 aromatic carbocycles. The molecule has 2 atom stereocenters. The topological polar surface area (TPSA) is 48.3 Å². The van der Waals surface area contributed by atoms with Crippen LogP contribution in [0.3, 0.4) is 0 Å². The Labute approximate surface area is 177 Å². The number of anilines is 1. The third-order valence-electron chi connectivity index (χ3n) is 5.74. The predicted octanol–water partition coefficient (Wildman–Crippen LogP) is 4.36. The number of pyridine rings is 1. The van der Waals surface area contributed by atoms with Crippen LogP contribution in [0.1, 0.15) is 31.4 Å². The minimum absolute atomic E-state index is 0.209. The predicted molar refractivity (Wildman–Crippen MR) is 108 cm³/mol. The average molecular weight is 463 g/mol. The second kappa shape index (κ2) is 6.32. The average Bonchev–Trinajstić information content (AvgIpc) is 3.49. The third-order valence-corrected chi connectivity index (χ3v) is 6.90. The normalized spacial score (nSPS) is 25.8. The molecule has 4 rings (SSSR count). The maximum absolute atomic E-state index is 13.2. The summed E-state index contributed by atoms with van der Waals surface area (Å²) in [5.41, 5.74) is 0.104. The molecule has 1 aliphatic carbocycles. The molecule has 2 unspecified atom stereocenters. The van der Waals surface area contributed by atoms with E-state index in [0.29, 0.717) is 30.3 Å². The summed E-state index contributed by atoms with van der Waals surface area (Å²) in [4.78, 5) is 12.7. The number of hydrogen-bond acceptors (Lipinski definition) is 3. The fraction of sp³-hybridized carbons (Fsp3) is 0.400. The third kappa shape index (κ3) is 4.47. The van der Waals surface area contributed by atoms with Crippen molar-refractivity contribution in [3.8, 4) is 0 Å². The lowest BCUT2D eigenvalue weighted by Crippen LogP contribution is -2.67. The SMILES string of the molecule is CN(c1ccc(S(F)(F)(F)(F)F)cc1)C1C(=O)NC(C)(CNC2CC2)[n+]2cccc1c2. The highest BCUT2D eigenvalue weighted by atomic mass is 32.5. The second-order valence-corrected chi connectivity index (χ2v) is 10.8. The van der Waals surface area contributed by atoms with Crippen molar-refractivity contribution in [3.05, 3.63) is 54.4 Å². The number of benzene rings is 1. The van der Waals surface area contributed by atoms with E-state index < -0.39 is 26.8 Å². The summed E-state index contributed by atoms with van der Waals surface area (Å²) < 4.78 is 67.0. The van der Waals surface area contributed by atoms with E-state index in [1.807, 2.05) is 23.9 Å². The molecule has 0 radical (unpaired) electrons. The van der Waals surface area contributed by atoms with Gasteiger partial charge in [-0.3, -0.25) is 10.1 Å². The van der Waals surface area contributed by atoms with Gasteiger partial charge in [0.2, 0.25) is 0 Å². The first-order valence-corrected chi connectivity index (χ1v) is 11.8. The van der Waals surface area contributed by atoms with E-state index in [4.69, 9.17) is 0 Å². The number of nitrogens with zero attached hydrogens (tertiary/aromatic N) is 2. The lowest BCUT2D eigenvalue weighted by atomic mass is 10.1. The van der Waals surface area contributed by atoms with E-state index in [9.17, 15) is 24.2 Å². The lowest BCUT2D eigenvalue weighted by Gasteiger charge is -2.40. The Morgan fingerprint density at radius 3 is 2.39 bits per heavy atom. The molecule has 0 saturated heterocycles. The van der Waals surface area contributed by atoms with E-state index in [2.05, 4.69) is 10.6 Å². The van der Waals surface area contributed by atoms with Gasteiger partial charge in [-0.05, 0) is 43.2 Å². The number of aromatic nitrogens is 1. The van der Waals surface area contributed by atoms with E-state index in [0.717, 1.165) is 25.0 Å². The van der Waals surface area contributed by atoms with Crippen LogP contribution in [-0.2, 0) is 10.5 Å². The zero-order valence-corrected chi connectivity index (χ0v) is 17.8. The molecular weight excluding hydrogens is 439 g/mol. The van der Waals surface area contributed by atoms with Crippen LogP contribution in [0.5, 0.6) is 0 Å². The molecule has 0 spiro atoms. The highest BCUT2D eigenvalue weighted by Gasteiger charge is 2.65. The first-order valence-electron chi connectivity index (χ1n) is 9.80. The molecule has 31 heavy (non-hydrogen) atoms. The molecule has 2 aromatic rings. The number of rotatable bonds is 6. The van der Waals surface area contributed by atoms with Gasteiger partial charge in [0, 0.05) is 37.3 Å². The summed E-state index contributed by atoms with van der Waals surface area (Å²) in [6.45, 7) is 2.39. The molecule has 1 aromatic heterocycles. The standard InChI is InChI=1S/C20H23F5N4OS/c1-20(13-26-15-5-6-15)27-19(30)18(14-4-3-11-29(20)12-14)28(2)16-7-9-17(10-8-16)31(21,22,23,24)25/h3-4,7-12,15,18,26H,5-6,13H2,1-2H3/p+1. The van der Waals surface area contributed by atoms with Gasteiger partial charge in [-0.1, -0.05) is 19.4 Å². The van der Waals surface area contributed by atoms with Gasteiger partial charge < -0.3 is 10.2 Å². The number of carbonyl (C=O) groups excluding carboxylic acids is 1. The Bertz CT molecular complexity index is 1030. The van der Waals surface area contributed by atoms with E-state index in [-0.39, 0.29) is 11.6 Å². The summed E-state index contributed by atoms with van der Waals surface area (Å²) in [5.74, 6) is -0.340. The first-order chi connectivity index (χ1) is 14.2. The Kier molecular flexibility index (Phi) is 4.45. The van der Waals surface area contributed by atoms with Crippen LogP contribution in [-0.4, -0.2) is 25.5 Å². The number of nitrogens with one attached hydrogen (secondary N) is 2. The number of likely N-dealkylation sites (N-methyl/N-ethyl adjacent to an activating group) is 1. The van der Waals surface area contributed by atoms with Crippen molar-refractivity contribution in [2.75, 3.05) is 18.5 Å². The van der Waals surface area contributed by atoms with Crippen molar-refractivity contribution in [1.29, 1.82) is 0 Å². The highest BCUT2D eigenvalue weighted by Crippen LogP contribution is 3.02. The van der Waals surface area contributed by atoms with Crippen LogP contribution in [0.4, 0.5) is 25.1 Å². The van der Waals surface area contributed by atoms with E-state index in [1.54, 1.807) is 19.2 Å². The van der Waals surface area contributed by atoms with Crippen LogP contribution in [0.2, 0.25) is 0 Å². The van der Waals surface area contributed by atoms with Crippen LogP contribution < -0.4 is 20.1 Å². The first kappa shape index (κ1) is 21.8. The smallest absolute Gasteiger partial charge is 0.310 e. The Morgan fingerprint density at radius 2 is 1.81 bits per heavy atom. The van der Waals surface area contributed by atoms with Crippen molar-refractivity contribution in [2.24, 2.45) is 0 Å². The fourth-order valence-corrected chi connectivity index (χ4v) is 4.42. The summed E-state index contributed by atoms with van der Waals surface area (Å²) in [5, 5.41) is 6.43. The number of fused-ring (bicyclic) bond motifs is 2. The van der Waals surface area contributed by atoms with Crippen LogP contribution in [0.25, 0.3) is 0 Å². The van der Waals surface area contributed by atoms with Crippen molar-refractivity contribution in [3.63, 3.8) is 0 Å². The number of amides is 1. The second-order valence-electron chi connectivity index (χ2n) is 8.44.